The van der Waals surface area contributed by atoms with Gasteiger partial charge in [0.25, 0.3) is 0 Å². The van der Waals surface area contributed by atoms with E-state index in [0.29, 0.717) is 0 Å². The third-order valence-corrected chi connectivity index (χ3v) is 1.59. The van der Waals surface area contributed by atoms with E-state index in [1.807, 2.05) is 26.5 Å². The predicted octanol–water partition coefficient (Wildman–Crippen LogP) is 1.48. The lowest BCUT2D eigenvalue weighted by atomic mass is 10.2. The van der Waals surface area contributed by atoms with Gasteiger partial charge in [-0.3, -0.25) is 4.68 Å². The average Bonchev–Trinajstić information content (AvgIpc) is 2.34. The molecule has 1 atom stereocenters. The summed E-state index contributed by atoms with van der Waals surface area (Å²) in [5.41, 5.74) is 1.17. The molecule has 0 spiro atoms. The van der Waals surface area contributed by atoms with Crippen molar-refractivity contribution >= 4 is 0 Å². The molecule has 0 bridgehead atoms. The van der Waals surface area contributed by atoms with E-state index >= 15 is 0 Å². The van der Waals surface area contributed by atoms with E-state index in [1.165, 1.54) is 5.56 Å². The SMILES string of the molecule is C[N-]C(C)c1cnn(C)c1. The molecule has 0 saturated heterocycles. The van der Waals surface area contributed by atoms with Crippen LogP contribution in [0.15, 0.2) is 12.4 Å². The summed E-state index contributed by atoms with van der Waals surface area (Å²) in [5.74, 6) is 0. The first-order valence-corrected chi connectivity index (χ1v) is 3.31. The number of aromatic nitrogens is 2. The largest absolute Gasteiger partial charge is 0.659 e. The molecule has 56 valence electrons. The Kier molecular flexibility index (Phi) is 2.06. The van der Waals surface area contributed by atoms with E-state index in [0.717, 1.165) is 0 Å². The van der Waals surface area contributed by atoms with Gasteiger partial charge in [0.15, 0.2) is 0 Å². The van der Waals surface area contributed by atoms with Crippen molar-refractivity contribution in [2.45, 2.75) is 13.0 Å². The summed E-state index contributed by atoms with van der Waals surface area (Å²) in [7, 11) is 3.73. The molecule has 0 aliphatic carbocycles. The number of aryl methyl sites for hydroxylation is 1. The second kappa shape index (κ2) is 2.84. The molecule has 0 aliphatic heterocycles. The summed E-state index contributed by atoms with van der Waals surface area (Å²) in [5, 5.41) is 8.16. The summed E-state index contributed by atoms with van der Waals surface area (Å²) >= 11 is 0. The summed E-state index contributed by atoms with van der Waals surface area (Å²) in [6.07, 6.45) is 3.83. The van der Waals surface area contributed by atoms with Crippen molar-refractivity contribution in [1.29, 1.82) is 0 Å². The van der Waals surface area contributed by atoms with E-state index in [-0.39, 0.29) is 6.04 Å². The Morgan fingerprint density at radius 1 is 1.70 bits per heavy atom. The molecule has 1 aromatic rings. The van der Waals surface area contributed by atoms with Crippen molar-refractivity contribution in [3.63, 3.8) is 0 Å². The molecule has 0 radical (unpaired) electrons. The molecule has 10 heavy (non-hydrogen) atoms. The van der Waals surface area contributed by atoms with Gasteiger partial charge in [-0.1, -0.05) is 6.92 Å². The van der Waals surface area contributed by atoms with E-state index in [9.17, 15) is 0 Å². The minimum absolute atomic E-state index is 0.272. The van der Waals surface area contributed by atoms with Crippen molar-refractivity contribution in [2.24, 2.45) is 7.05 Å². The Morgan fingerprint density at radius 3 is 2.80 bits per heavy atom. The van der Waals surface area contributed by atoms with Gasteiger partial charge in [0.2, 0.25) is 0 Å². The maximum absolute atomic E-state index is 4.12. The monoisotopic (exact) mass is 138 g/mol. The van der Waals surface area contributed by atoms with Crippen LogP contribution >= 0.6 is 0 Å². The fourth-order valence-electron chi connectivity index (χ4n) is 0.805. The quantitative estimate of drug-likeness (QED) is 0.609. The van der Waals surface area contributed by atoms with E-state index in [4.69, 9.17) is 0 Å². The standard InChI is InChI=1S/C7H12N3/c1-6(8-2)7-4-9-10(3)5-7/h4-6H,1-3H3/q-1. The van der Waals surface area contributed by atoms with Crippen molar-refractivity contribution in [2.75, 3.05) is 7.05 Å². The Morgan fingerprint density at radius 2 is 2.40 bits per heavy atom. The van der Waals surface area contributed by atoms with Crippen molar-refractivity contribution in [1.82, 2.24) is 9.78 Å². The summed E-state index contributed by atoms with van der Waals surface area (Å²) in [4.78, 5) is 0. The fourth-order valence-corrected chi connectivity index (χ4v) is 0.805. The zero-order valence-electron chi connectivity index (χ0n) is 6.57. The van der Waals surface area contributed by atoms with Gasteiger partial charge in [-0.2, -0.15) is 12.1 Å². The lowest BCUT2D eigenvalue weighted by Gasteiger charge is -2.20. The van der Waals surface area contributed by atoms with E-state index in [2.05, 4.69) is 17.3 Å². The summed E-state index contributed by atoms with van der Waals surface area (Å²) in [6.45, 7) is 2.05. The molecule has 0 N–H and O–H groups in total. The first-order valence-electron chi connectivity index (χ1n) is 3.31. The highest BCUT2D eigenvalue weighted by atomic mass is 15.2. The van der Waals surface area contributed by atoms with Gasteiger partial charge >= 0.3 is 0 Å². The summed E-state index contributed by atoms with van der Waals surface area (Å²) < 4.78 is 1.79. The molecule has 0 aliphatic rings. The molecule has 0 saturated carbocycles. The number of hydrogen-bond acceptors (Lipinski definition) is 1. The van der Waals surface area contributed by atoms with Crippen LogP contribution in [0.1, 0.15) is 18.5 Å². The van der Waals surface area contributed by atoms with Crippen molar-refractivity contribution in [3.8, 4) is 0 Å². The van der Waals surface area contributed by atoms with Gasteiger partial charge < -0.3 is 5.32 Å². The normalized spacial score (nSPS) is 13.5. The molecule has 0 amide bonds. The van der Waals surface area contributed by atoms with Gasteiger partial charge in [0, 0.05) is 13.2 Å². The van der Waals surface area contributed by atoms with Crippen LogP contribution in [-0.2, 0) is 7.05 Å². The molecule has 3 heteroatoms. The molecular formula is C7H12N3-. The third-order valence-electron chi connectivity index (χ3n) is 1.59. The molecule has 0 aromatic carbocycles. The number of hydrogen-bond donors (Lipinski definition) is 0. The first-order chi connectivity index (χ1) is 4.74. The highest BCUT2D eigenvalue weighted by Crippen LogP contribution is 2.17. The zero-order valence-corrected chi connectivity index (χ0v) is 6.57. The molecule has 1 unspecified atom stereocenters. The average molecular weight is 138 g/mol. The Balaban J connectivity index is 2.74. The molecule has 1 aromatic heterocycles. The number of nitrogens with zero attached hydrogens (tertiary/aromatic N) is 3. The Bertz CT molecular complexity index is 204. The van der Waals surface area contributed by atoms with Gasteiger partial charge in [-0.05, 0) is 5.56 Å². The topological polar surface area (TPSA) is 31.9 Å². The van der Waals surface area contributed by atoms with Crippen LogP contribution in [0.4, 0.5) is 0 Å². The summed E-state index contributed by atoms with van der Waals surface area (Å²) in [6, 6.07) is 0.272. The molecule has 3 nitrogen and oxygen atoms in total. The Labute approximate surface area is 61.0 Å². The van der Waals surface area contributed by atoms with Crippen LogP contribution in [0, 0.1) is 0 Å². The van der Waals surface area contributed by atoms with Gasteiger partial charge in [0.1, 0.15) is 0 Å². The van der Waals surface area contributed by atoms with Crippen LogP contribution in [-0.4, -0.2) is 16.8 Å². The second-order valence-electron chi connectivity index (χ2n) is 2.38. The van der Waals surface area contributed by atoms with Gasteiger partial charge in [-0.15, -0.1) is 6.04 Å². The minimum atomic E-state index is 0.272. The van der Waals surface area contributed by atoms with Crippen LogP contribution in [0.2, 0.25) is 0 Å². The molecule has 0 fully saturated rings. The maximum atomic E-state index is 4.12. The molecule has 1 heterocycles. The fraction of sp³-hybridized carbons (Fsp3) is 0.571. The van der Waals surface area contributed by atoms with Crippen molar-refractivity contribution < 1.29 is 0 Å². The second-order valence-corrected chi connectivity index (χ2v) is 2.38. The minimum Gasteiger partial charge on any atom is -0.659 e. The molecule has 1 rings (SSSR count). The van der Waals surface area contributed by atoms with Crippen LogP contribution in [0.5, 0.6) is 0 Å². The number of rotatable bonds is 2. The van der Waals surface area contributed by atoms with E-state index < -0.39 is 0 Å². The van der Waals surface area contributed by atoms with Crippen molar-refractivity contribution in [3.05, 3.63) is 23.3 Å². The maximum Gasteiger partial charge on any atom is 0.0506 e. The van der Waals surface area contributed by atoms with Gasteiger partial charge in [0.05, 0.1) is 6.20 Å². The lowest BCUT2D eigenvalue weighted by Crippen LogP contribution is -1.88. The predicted molar refractivity (Wildman–Crippen MR) is 40.9 cm³/mol. The molecular weight excluding hydrogens is 126 g/mol. The van der Waals surface area contributed by atoms with Crippen LogP contribution in [0.25, 0.3) is 5.32 Å². The third kappa shape index (κ3) is 1.36. The van der Waals surface area contributed by atoms with Gasteiger partial charge in [-0.25, -0.2) is 0 Å². The van der Waals surface area contributed by atoms with Crippen LogP contribution < -0.4 is 0 Å². The Hall–Kier alpha value is -0.830. The first kappa shape index (κ1) is 7.28. The van der Waals surface area contributed by atoms with E-state index in [1.54, 1.807) is 4.68 Å². The zero-order chi connectivity index (χ0) is 7.56. The lowest BCUT2D eigenvalue weighted by molar-refractivity contribution is 0.765. The highest BCUT2D eigenvalue weighted by molar-refractivity contribution is 5.14. The van der Waals surface area contributed by atoms with Crippen LogP contribution in [0.3, 0.4) is 0 Å². The smallest absolute Gasteiger partial charge is 0.0506 e. The highest BCUT2D eigenvalue weighted by Gasteiger charge is 1.94.